The molecule has 0 aromatic carbocycles. The zero-order chi connectivity index (χ0) is 14.8. The number of halogens is 1. The molecule has 1 fully saturated rings. The summed E-state index contributed by atoms with van der Waals surface area (Å²) in [7, 11) is 0. The SMILES string of the molecule is CCNc1ncc(F)cc1C(=O)N1CCCC(C)(O)C1. The number of amides is 1. The van der Waals surface area contributed by atoms with Gasteiger partial charge in [0.1, 0.15) is 11.6 Å². The summed E-state index contributed by atoms with van der Waals surface area (Å²) in [6, 6.07) is 1.19. The van der Waals surface area contributed by atoms with E-state index >= 15 is 0 Å². The first-order chi connectivity index (χ1) is 9.43. The van der Waals surface area contributed by atoms with Gasteiger partial charge in [0, 0.05) is 19.6 Å². The van der Waals surface area contributed by atoms with E-state index < -0.39 is 11.4 Å². The Morgan fingerprint density at radius 3 is 3.05 bits per heavy atom. The molecule has 1 unspecified atom stereocenters. The molecule has 2 rings (SSSR count). The zero-order valence-electron chi connectivity index (χ0n) is 11.8. The van der Waals surface area contributed by atoms with E-state index in [4.69, 9.17) is 0 Å². The Labute approximate surface area is 117 Å². The van der Waals surface area contributed by atoms with Gasteiger partial charge in [-0.2, -0.15) is 0 Å². The lowest BCUT2D eigenvalue weighted by Crippen LogP contribution is -2.48. The number of carbonyl (C=O) groups is 1. The molecule has 1 aromatic heterocycles. The van der Waals surface area contributed by atoms with Crippen molar-refractivity contribution in [2.24, 2.45) is 0 Å². The van der Waals surface area contributed by atoms with Crippen molar-refractivity contribution in [1.29, 1.82) is 0 Å². The zero-order valence-corrected chi connectivity index (χ0v) is 11.8. The maximum absolute atomic E-state index is 13.4. The molecule has 0 spiro atoms. The fourth-order valence-electron chi connectivity index (χ4n) is 2.47. The Balaban J connectivity index is 2.26. The van der Waals surface area contributed by atoms with Gasteiger partial charge in [-0.05, 0) is 32.8 Å². The van der Waals surface area contributed by atoms with Gasteiger partial charge in [-0.1, -0.05) is 0 Å². The molecule has 6 heteroatoms. The van der Waals surface area contributed by atoms with Crippen LogP contribution in [0.25, 0.3) is 0 Å². The summed E-state index contributed by atoms with van der Waals surface area (Å²) in [4.78, 5) is 18.0. The van der Waals surface area contributed by atoms with Crippen molar-refractivity contribution >= 4 is 11.7 Å². The maximum atomic E-state index is 13.4. The first-order valence-electron chi connectivity index (χ1n) is 6.84. The Morgan fingerprint density at radius 2 is 2.40 bits per heavy atom. The third kappa shape index (κ3) is 3.25. The lowest BCUT2D eigenvalue weighted by Gasteiger charge is -2.37. The molecular formula is C14H20FN3O2. The van der Waals surface area contributed by atoms with Crippen LogP contribution in [0.3, 0.4) is 0 Å². The summed E-state index contributed by atoms with van der Waals surface area (Å²) >= 11 is 0. The average molecular weight is 281 g/mol. The van der Waals surface area contributed by atoms with E-state index in [0.717, 1.165) is 12.6 Å². The standard InChI is InChI=1S/C14H20FN3O2/c1-3-16-12-11(7-10(15)8-17-12)13(19)18-6-4-5-14(2,20)9-18/h7-8,20H,3-6,9H2,1-2H3,(H,16,17). The van der Waals surface area contributed by atoms with Crippen LogP contribution in [0.1, 0.15) is 37.0 Å². The third-order valence-corrected chi connectivity index (χ3v) is 3.39. The van der Waals surface area contributed by atoms with E-state index in [1.165, 1.54) is 6.07 Å². The molecule has 2 N–H and O–H groups in total. The highest BCUT2D eigenvalue weighted by Gasteiger charge is 2.32. The molecule has 1 saturated heterocycles. The van der Waals surface area contributed by atoms with Gasteiger partial charge in [-0.15, -0.1) is 0 Å². The number of aliphatic hydroxyl groups is 1. The predicted octanol–water partition coefficient (Wildman–Crippen LogP) is 1.64. The van der Waals surface area contributed by atoms with E-state index in [9.17, 15) is 14.3 Å². The van der Waals surface area contributed by atoms with Crippen molar-refractivity contribution in [1.82, 2.24) is 9.88 Å². The van der Waals surface area contributed by atoms with Gasteiger partial charge in [0.25, 0.3) is 5.91 Å². The molecule has 0 saturated carbocycles. The predicted molar refractivity (Wildman–Crippen MR) is 74.1 cm³/mol. The van der Waals surface area contributed by atoms with Gasteiger partial charge in [-0.3, -0.25) is 4.79 Å². The van der Waals surface area contributed by atoms with Crippen molar-refractivity contribution in [2.45, 2.75) is 32.3 Å². The molecule has 2 heterocycles. The molecule has 1 amide bonds. The molecule has 1 aliphatic heterocycles. The number of nitrogens with zero attached hydrogens (tertiary/aromatic N) is 2. The van der Waals surface area contributed by atoms with Crippen molar-refractivity contribution in [3.05, 3.63) is 23.6 Å². The van der Waals surface area contributed by atoms with E-state index in [-0.39, 0.29) is 18.0 Å². The highest BCUT2D eigenvalue weighted by atomic mass is 19.1. The number of rotatable bonds is 3. The normalized spacial score (nSPS) is 22.7. The van der Waals surface area contributed by atoms with Crippen LogP contribution in [0, 0.1) is 5.82 Å². The summed E-state index contributed by atoms with van der Waals surface area (Å²) in [5, 5.41) is 13.0. The Kier molecular flexibility index (Phi) is 4.23. The molecule has 0 radical (unpaired) electrons. The fraction of sp³-hybridized carbons (Fsp3) is 0.571. The Hall–Kier alpha value is -1.69. The van der Waals surface area contributed by atoms with Crippen molar-refractivity contribution in [2.75, 3.05) is 25.0 Å². The minimum atomic E-state index is -0.882. The summed E-state index contributed by atoms with van der Waals surface area (Å²) in [5.74, 6) is -0.462. The summed E-state index contributed by atoms with van der Waals surface area (Å²) in [5.41, 5.74) is -0.669. The van der Waals surface area contributed by atoms with Crippen molar-refractivity contribution in [3.8, 4) is 0 Å². The molecule has 0 bridgehead atoms. The van der Waals surface area contributed by atoms with Crippen LogP contribution in [0.5, 0.6) is 0 Å². The first-order valence-corrected chi connectivity index (χ1v) is 6.84. The van der Waals surface area contributed by atoms with Gasteiger partial charge in [0.05, 0.1) is 17.4 Å². The lowest BCUT2D eigenvalue weighted by molar-refractivity contribution is -0.0107. The molecule has 20 heavy (non-hydrogen) atoms. The second kappa shape index (κ2) is 5.75. The molecule has 5 nitrogen and oxygen atoms in total. The van der Waals surface area contributed by atoms with E-state index in [1.807, 2.05) is 6.92 Å². The molecule has 0 aliphatic carbocycles. The van der Waals surface area contributed by atoms with Gasteiger partial charge < -0.3 is 15.3 Å². The maximum Gasteiger partial charge on any atom is 0.257 e. The molecule has 1 aromatic rings. The second-order valence-corrected chi connectivity index (χ2v) is 5.41. The van der Waals surface area contributed by atoms with E-state index in [1.54, 1.807) is 11.8 Å². The third-order valence-electron chi connectivity index (χ3n) is 3.39. The largest absolute Gasteiger partial charge is 0.388 e. The summed E-state index contributed by atoms with van der Waals surface area (Å²) < 4.78 is 13.4. The molecule has 110 valence electrons. The minimum Gasteiger partial charge on any atom is -0.388 e. The number of aromatic nitrogens is 1. The fourth-order valence-corrected chi connectivity index (χ4v) is 2.47. The number of carbonyl (C=O) groups excluding carboxylic acids is 1. The second-order valence-electron chi connectivity index (χ2n) is 5.41. The summed E-state index contributed by atoms with van der Waals surface area (Å²) in [6.07, 6.45) is 2.48. The van der Waals surface area contributed by atoms with Gasteiger partial charge in [0.15, 0.2) is 0 Å². The monoisotopic (exact) mass is 281 g/mol. The smallest absolute Gasteiger partial charge is 0.257 e. The number of anilines is 1. The Bertz CT molecular complexity index is 505. The minimum absolute atomic E-state index is 0.213. The topological polar surface area (TPSA) is 65.5 Å². The Morgan fingerprint density at radius 1 is 1.65 bits per heavy atom. The van der Waals surface area contributed by atoms with Crippen LogP contribution in [-0.4, -0.2) is 46.1 Å². The number of hydrogen-bond donors (Lipinski definition) is 2. The number of nitrogens with one attached hydrogen (secondary N) is 1. The number of β-amino-alcohol motifs (C(OH)–C–C–N with tert-alkyl or cyclic N) is 1. The van der Waals surface area contributed by atoms with Crippen LogP contribution in [0.4, 0.5) is 10.2 Å². The van der Waals surface area contributed by atoms with Crippen LogP contribution in [0.2, 0.25) is 0 Å². The first kappa shape index (κ1) is 14.7. The molecule has 1 aliphatic rings. The van der Waals surface area contributed by atoms with E-state index in [2.05, 4.69) is 10.3 Å². The highest BCUT2D eigenvalue weighted by Crippen LogP contribution is 2.24. The van der Waals surface area contributed by atoms with Crippen LogP contribution in [-0.2, 0) is 0 Å². The van der Waals surface area contributed by atoms with Gasteiger partial charge in [-0.25, -0.2) is 9.37 Å². The number of pyridine rings is 1. The van der Waals surface area contributed by atoms with Crippen LogP contribution >= 0.6 is 0 Å². The van der Waals surface area contributed by atoms with E-state index in [0.29, 0.717) is 25.3 Å². The molecular weight excluding hydrogens is 261 g/mol. The lowest BCUT2D eigenvalue weighted by atomic mass is 9.94. The van der Waals surface area contributed by atoms with Gasteiger partial charge >= 0.3 is 0 Å². The van der Waals surface area contributed by atoms with Crippen LogP contribution in [0.15, 0.2) is 12.3 Å². The van der Waals surface area contributed by atoms with Crippen molar-refractivity contribution in [3.63, 3.8) is 0 Å². The number of hydrogen-bond acceptors (Lipinski definition) is 4. The van der Waals surface area contributed by atoms with Crippen molar-refractivity contribution < 1.29 is 14.3 Å². The van der Waals surface area contributed by atoms with Gasteiger partial charge in [0.2, 0.25) is 0 Å². The highest BCUT2D eigenvalue weighted by molar-refractivity contribution is 5.98. The average Bonchev–Trinajstić information content (AvgIpc) is 2.39. The summed E-state index contributed by atoms with van der Waals surface area (Å²) in [6.45, 7) is 5.01. The molecule has 1 atom stereocenters. The quantitative estimate of drug-likeness (QED) is 0.884. The van der Waals surface area contributed by atoms with Crippen LogP contribution < -0.4 is 5.32 Å². The number of piperidine rings is 1. The number of likely N-dealkylation sites (tertiary alicyclic amines) is 1.